The molecule has 1 N–H and O–H groups in total. The van der Waals surface area contributed by atoms with Crippen LogP contribution in [0.2, 0.25) is 0 Å². The molecular weight excluding hydrogens is 203 g/mol. The van der Waals surface area contributed by atoms with E-state index in [9.17, 15) is 4.39 Å². The van der Waals surface area contributed by atoms with E-state index in [1.165, 1.54) is 0 Å². The van der Waals surface area contributed by atoms with E-state index in [1.54, 1.807) is 13.0 Å². The summed E-state index contributed by atoms with van der Waals surface area (Å²) < 4.78 is 13.5. The molecule has 0 radical (unpaired) electrons. The molecule has 1 aromatic carbocycles. The minimum atomic E-state index is -0.0977. The molecule has 2 rings (SSSR count). The lowest BCUT2D eigenvalue weighted by atomic mass is 10.0. The van der Waals surface area contributed by atoms with Crippen molar-refractivity contribution < 1.29 is 4.39 Å². The quantitative estimate of drug-likeness (QED) is 0.824. The highest BCUT2D eigenvalue weighted by Crippen LogP contribution is 2.22. The Morgan fingerprint density at radius 2 is 2.00 bits per heavy atom. The molecule has 16 heavy (non-hydrogen) atoms. The molecule has 1 aliphatic heterocycles. The molecule has 3 heteroatoms. The van der Waals surface area contributed by atoms with Crippen LogP contribution in [-0.4, -0.2) is 31.1 Å². The van der Waals surface area contributed by atoms with Crippen LogP contribution in [0.3, 0.4) is 0 Å². The zero-order chi connectivity index (χ0) is 11.5. The summed E-state index contributed by atoms with van der Waals surface area (Å²) >= 11 is 0. The minimum Gasteiger partial charge on any atom is -0.314 e. The van der Waals surface area contributed by atoms with Crippen LogP contribution >= 0.6 is 0 Å². The number of hydrogen-bond acceptors (Lipinski definition) is 2. The summed E-state index contributed by atoms with van der Waals surface area (Å²) in [5.41, 5.74) is 1.79. The van der Waals surface area contributed by atoms with E-state index < -0.39 is 0 Å². The lowest BCUT2D eigenvalue weighted by molar-refractivity contribution is 0.185. The molecule has 1 atom stereocenters. The lowest BCUT2D eigenvalue weighted by Crippen LogP contribution is -2.44. The fraction of sp³-hybridized carbons (Fsp3) is 0.538. The first-order chi connectivity index (χ1) is 7.68. The highest BCUT2D eigenvalue weighted by molar-refractivity contribution is 5.25. The molecule has 1 aromatic rings. The summed E-state index contributed by atoms with van der Waals surface area (Å²) in [5.74, 6) is -0.0977. The van der Waals surface area contributed by atoms with Gasteiger partial charge < -0.3 is 5.32 Å². The van der Waals surface area contributed by atoms with Crippen molar-refractivity contribution in [1.29, 1.82) is 0 Å². The van der Waals surface area contributed by atoms with Gasteiger partial charge in [0.2, 0.25) is 0 Å². The Bertz CT molecular complexity index is 359. The maximum Gasteiger partial charge on any atom is 0.126 e. The third-order valence-corrected chi connectivity index (χ3v) is 3.38. The van der Waals surface area contributed by atoms with Gasteiger partial charge in [0.05, 0.1) is 0 Å². The Hall–Kier alpha value is -0.930. The van der Waals surface area contributed by atoms with Gasteiger partial charge in [-0.25, -0.2) is 4.39 Å². The number of hydrogen-bond donors (Lipinski definition) is 1. The second-order valence-electron chi connectivity index (χ2n) is 4.47. The molecule has 0 amide bonds. The Labute approximate surface area is 96.5 Å². The van der Waals surface area contributed by atoms with Gasteiger partial charge in [0.15, 0.2) is 0 Å². The number of aryl methyl sites for hydroxylation is 1. The molecule has 1 heterocycles. The third-order valence-electron chi connectivity index (χ3n) is 3.38. The van der Waals surface area contributed by atoms with Gasteiger partial charge in [-0.1, -0.05) is 12.1 Å². The van der Waals surface area contributed by atoms with Gasteiger partial charge in [0, 0.05) is 32.2 Å². The molecular formula is C13H19FN2. The van der Waals surface area contributed by atoms with Gasteiger partial charge >= 0.3 is 0 Å². The average Bonchev–Trinajstić information content (AvgIpc) is 2.33. The van der Waals surface area contributed by atoms with Crippen LogP contribution in [0.1, 0.15) is 24.1 Å². The molecule has 0 spiro atoms. The fourth-order valence-corrected chi connectivity index (χ4v) is 2.15. The smallest absolute Gasteiger partial charge is 0.126 e. The first-order valence-electron chi connectivity index (χ1n) is 5.89. The number of nitrogens with zero attached hydrogens (tertiary/aromatic N) is 1. The minimum absolute atomic E-state index is 0.0977. The van der Waals surface area contributed by atoms with Crippen molar-refractivity contribution in [1.82, 2.24) is 10.2 Å². The lowest BCUT2D eigenvalue weighted by Gasteiger charge is -2.33. The highest BCUT2D eigenvalue weighted by Gasteiger charge is 2.18. The molecule has 0 saturated carbocycles. The monoisotopic (exact) mass is 222 g/mol. The molecule has 0 aromatic heterocycles. The van der Waals surface area contributed by atoms with Gasteiger partial charge in [-0.3, -0.25) is 4.90 Å². The van der Waals surface area contributed by atoms with Crippen LogP contribution in [0, 0.1) is 12.7 Å². The largest absolute Gasteiger partial charge is 0.314 e. The first-order valence-corrected chi connectivity index (χ1v) is 5.89. The summed E-state index contributed by atoms with van der Waals surface area (Å²) in [6.07, 6.45) is 0. The Morgan fingerprint density at radius 3 is 2.62 bits per heavy atom. The summed E-state index contributed by atoms with van der Waals surface area (Å²) in [7, 11) is 0. The molecule has 1 saturated heterocycles. The molecule has 0 unspecified atom stereocenters. The maximum atomic E-state index is 13.5. The summed E-state index contributed by atoms with van der Waals surface area (Å²) in [6, 6.07) is 5.87. The van der Waals surface area contributed by atoms with E-state index in [0.29, 0.717) is 6.04 Å². The normalized spacial score (nSPS) is 19.7. The molecule has 0 aliphatic carbocycles. The van der Waals surface area contributed by atoms with Crippen LogP contribution in [0.25, 0.3) is 0 Å². The van der Waals surface area contributed by atoms with Crippen molar-refractivity contribution in [2.45, 2.75) is 19.9 Å². The maximum absolute atomic E-state index is 13.5. The van der Waals surface area contributed by atoms with E-state index in [4.69, 9.17) is 0 Å². The van der Waals surface area contributed by atoms with E-state index >= 15 is 0 Å². The van der Waals surface area contributed by atoms with E-state index in [0.717, 1.165) is 37.3 Å². The van der Waals surface area contributed by atoms with Crippen molar-refractivity contribution in [3.8, 4) is 0 Å². The first kappa shape index (κ1) is 11.6. The van der Waals surface area contributed by atoms with E-state index in [1.807, 2.05) is 12.1 Å². The zero-order valence-electron chi connectivity index (χ0n) is 9.96. The molecule has 2 nitrogen and oxygen atoms in total. The van der Waals surface area contributed by atoms with Gasteiger partial charge in [-0.05, 0) is 31.0 Å². The molecule has 88 valence electrons. The fourth-order valence-electron chi connectivity index (χ4n) is 2.15. The Morgan fingerprint density at radius 1 is 1.31 bits per heavy atom. The van der Waals surface area contributed by atoms with E-state index in [2.05, 4.69) is 17.1 Å². The van der Waals surface area contributed by atoms with Gasteiger partial charge in [-0.15, -0.1) is 0 Å². The van der Waals surface area contributed by atoms with E-state index in [-0.39, 0.29) is 5.82 Å². The third kappa shape index (κ3) is 2.42. The van der Waals surface area contributed by atoms with Crippen molar-refractivity contribution in [3.63, 3.8) is 0 Å². The van der Waals surface area contributed by atoms with Gasteiger partial charge in [0.25, 0.3) is 0 Å². The topological polar surface area (TPSA) is 15.3 Å². The van der Waals surface area contributed by atoms with Crippen molar-refractivity contribution in [2.75, 3.05) is 26.2 Å². The van der Waals surface area contributed by atoms with Crippen LogP contribution < -0.4 is 5.32 Å². The predicted molar refractivity (Wildman–Crippen MR) is 64.0 cm³/mol. The second kappa shape index (κ2) is 4.93. The SMILES string of the molecule is Cc1ccc([C@@H](C)N2CCNCC2)cc1F. The summed E-state index contributed by atoms with van der Waals surface area (Å²) in [5, 5.41) is 3.33. The number of benzene rings is 1. The highest BCUT2D eigenvalue weighted by atomic mass is 19.1. The van der Waals surface area contributed by atoms with Crippen LogP contribution in [0.4, 0.5) is 4.39 Å². The van der Waals surface area contributed by atoms with Gasteiger partial charge in [0.1, 0.15) is 5.82 Å². The van der Waals surface area contributed by atoms with Crippen molar-refractivity contribution in [3.05, 3.63) is 35.1 Å². The number of piperazine rings is 1. The predicted octanol–water partition coefficient (Wildman–Crippen LogP) is 2.10. The molecule has 1 fully saturated rings. The van der Waals surface area contributed by atoms with Gasteiger partial charge in [-0.2, -0.15) is 0 Å². The number of halogens is 1. The number of nitrogens with one attached hydrogen (secondary N) is 1. The molecule has 1 aliphatic rings. The van der Waals surface area contributed by atoms with Crippen LogP contribution in [0.15, 0.2) is 18.2 Å². The standard InChI is InChI=1S/C13H19FN2/c1-10-3-4-12(9-13(10)14)11(2)16-7-5-15-6-8-16/h3-4,9,11,15H,5-8H2,1-2H3/t11-/m1/s1. The average molecular weight is 222 g/mol. The van der Waals surface area contributed by atoms with Crippen LogP contribution in [0.5, 0.6) is 0 Å². The summed E-state index contributed by atoms with van der Waals surface area (Å²) in [4.78, 5) is 2.39. The Kier molecular flexibility index (Phi) is 3.56. The molecule has 0 bridgehead atoms. The van der Waals surface area contributed by atoms with Crippen molar-refractivity contribution >= 4 is 0 Å². The number of rotatable bonds is 2. The second-order valence-corrected chi connectivity index (χ2v) is 4.47. The van der Waals surface area contributed by atoms with Crippen LogP contribution in [-0.2, 0) is 0 Å². The Balaban J connectivity index is 2.12. The zero-order valence-corrected chi connectivity index (χ0v) is 9.96. The van der Waals surface area contributed by atoms with Crippen molar-refractivity contribution in [2.24, 2.45) is 0 Å². The summed E-state index contributed by atoms with van der Waals surface area (Å²) in [6.45, 7) is 8.08.